The molecule has 0 aliphatic carbocycles. The van der Waals surface area contributed by atoms with Crippen molar-refractivity contribution in [2.75, 3.05) is 12.0 Å². The van der Waals surface area contributed by atoms with Crippen molar-refractivity contribution in [3.05, 3.63) is 33.9 Å². The zero-order valence-corrected chi connectivity index (χ0v) is 11.0. The van der Waals surface area contributed by atoms with E-state index in [0.29, 0.717) is 18.7 Å². The second-order valence-corrected chi connectivity index (χ2v) is 4.58. The molecule has 2 atom stereocenters. The van der Waals surface area contributed by atoms with Crippen LogP contribution in [-0.2, 0) is 4.74 Å². The summed E-state index contributed by atoms with van der Waals surface area (Å²) in [4.78, 5) is 22.6. The van der Waals surface area contributed by atoms with Crippen molar-refractivity contribution < 1.29 is 14.5 Å². The fourth-order valence-electron chi connectivity index (χ4n) is 2.13. The number of carbonyl (C=O) groups is 1. The summed E-state index contributed by atoms with van der Waals surface area (Å²) in [5.74, 6) is 4.76. The first-order valence-corrected chi connectivity index (χ1v) is 6.20. The summed E-state index contributed by atoms with van der Waals surface area (Å²) in [7, 11) is 0. The van der Waals surface area contributed by atoms with Gasteiger partial charge in [-0.1, -0.05) is 0 Å². The molecule has 4 N–H and O–H groups in total. The third-order valence-corrected chi connectivity index (χ3v) is 3.30. The molecule has 8 heteroatoms. The molecule has 0 saturated carbocycles. The second-order valence-electron chi connectivity index (χ2n) is 4.58. The Morgan fingerprint density at radius 1 is 1.55 bits per heavy atom. The number of amides is 1. The Bertz CT molecular complexity index is 534. The summed E-state index contributed by atoms with van der Waals surface area (Å²) in [5.41, 5.74) is 2.51. The van der Waals surface area contributed by atoms with E-state index in [1.807, 2.05) is 6.92 Å². The van der Waals surface area contributed by atoms with Gasteiger partial charge in [0.05, 0.1) is 17.1 Å². The molecule has 1 aromatic carbocycles. The van der Waals surface area contributed by atoms with E-state index in [1.165, 1.54) is 18.2 Å². The highest BCUT2D eigenvalue weighted by Crippen LogP contribution is 2.23. The van der Waals surface area contributed by atoms with Gasteiger partial charge in [0, 0.05) is 18.4 Å². The van der Waals surface area contributed by atoms with Crippen LogP contribution in [0.2, 0.25) is 0 Å². The molecule has 1 aliphatic heterocycles. The molecule has 2 unspecified atom stereocenters. The lowest BCUT2D eigenvalue weighted by Gasteiger charge is -2.16. The molecule has 0 radical (unpaired) electrons. The molecule has 20 heavy (non-hydrogen) atoms. The van der Waals surface area contributed by atoms with Crippen LogP contribution in [0.1, 0.15) is 23.7 Å². The molecule has 0 spiro atoms. The fraction of sp³-hybridized carbons (Fsp3) is 0.417. The number of hydrogen-bond acceptors (Lipinski definition) is 6. The maximum Gasteiger partial charge on any atom is 0.282 e. The Labute approximate surface area is 115 Å². The number of hydrazine groups is 1. The van der Waals surface area contributed by atoms with E-state index in [2.05, 4.69) is 10.7 Å². The normalized spacial score (nSPS) is 21.5. The van der Waals surface area contributed by atoms with Crippen LogP contribution in [0, 0.1) is 10.1 Å². The van der Waals surface area contributed by atoms with Crippen molar-refractivity contribution in [1.82, 2.24) is 5.32 Å². The molecule has 1 aromatic rings. The van der Waals surface area contributed by atoms with Gasteiger partial charge >= 0.3 is 0 Å². The van der Waals surface area contributed by atoms with Crippen LogP contribution >= 0.6 is 0 Å². The van der Waals surface area contributed by atoms with Crippen LogP contribution in [0.5, 0.6) is 0 Å². The first-order valence-electron chi connectivity index (χ1n) is 6.20. The minimum absolute atomic E-state index is 0.0236. The number of ether oxygens (including phenoxy) is 1. The van der Waals surface area contributed by atoms with Crippen LogP contribution < -0.4 is 16.6 Å². The number of rotatable bonds is 4. The molecule has 0 aromatic heterocycles. The lowest BCUT2D eigenvalue weighted by atomic mass is 10.1. The van der Waals surface area contributed by atoms with Crippen LogP contribution in [0.4, 0.5) is 11.4 Å². The molecular formula is C12H16N4O4. The van der Waals surface area contributed by atoms with Gasteiger partial charge in [-0.25, -0.2) is 0 Å². The Balaban J connectivity index is 2.25. The van der Waals surface area contributed by atoms with Crippen LogP contribution in [-0.4, -0.2) is 29.6 Å². The molecule has 1 amide bonds. The maximum atomic E-state index is 12.2. The van der Waals surface area contributed by atoms with Crippen LogP contribution in [0.3, 0.4) is 0 Å². The van der Waals surface area contributed by atoms with E-state index in [9.17, 15) is 14.9 Å². The Morgan fingerprint density at radius 3 is 2.85 bits per heavy atom. The van der Waals surface area contributed by atoms with Gasteiger partial charge < -0.3 is 15.5 Å². The van der Waals surface area contributed by atoms with Gasteiger partial charge in [0.15, 0.2) is 0 Å². The third kappa shape index (κ3) is 2.86. The standard InChI is InChI=1S/C12H16N4O4/c1-7-10(4-5-20-7)14-12(17)9-6-8(15-13)2-3-11(9)16(18)19/h2-3,6-7,10,15H,4-5,13H2,1H3,(H,14,17). The van der Waals surface area contributed by atoms with Gasteiger partial charge in [0.2, 0.25) is 0 Å². The summed E-state index contributed by atoms with van der Waals surface area (Å²) in [6.45, 7) is 2.42. The first kappa shape index (κ1) is 14.2. The summed E-state index contributed by atoms with van der Waals surface area (Å²) in [5, 5.41) is 13.7. The van der Waals surface area contributed by atoms with E-state index >= 15 is 0 Å². The monoisotopic (exact) mass is 280 g/mol. The van der Waals surface area contributed by atoms with Gasteiger partial charge in [0.25, 0.3) is 11.6 Å². The topological polar surface area (TPSA) is 120 Å². The Hall–Kier alpha value is -2.19. The van der Waals surface area contributed by atoms with E-state index in [1.54, 1.807) is 0 Å². The van der Waals surface area contributed by atoms with Gasteiger partial charge in [-0.15, -0.1) is 0 Å². The van der Waals surface area contributed by atoms with E-state index in [4.69, 9.17) is 10.6 Å². The number of nitrogens with one attached hydrogen (secondary N) is 2. The quantitative estimate of drug-likeness (QED) is 0.426. The van der Waals surface area contributed by atoms with Crippen molar-refractivity contribution >= 4 is 17.3 Å². The zero-order chi connectivity index (χ0) is 14.7. The third-order valence-electron chi connectivity index (χ3n) is 3.30. The summed E-state index contributed by atoms with van der Waals surface area (Å²) >= 11 is 0. The summed E-state index contributed by atoms with van der Waals surface area (Å²) < 4.78 is 5.34. The molecule has 1 fully saturated rings. The molecule has 1 aliphatic rings. The smallest absolute Gasteiger partial charge is 0.282 e. The number of hydrogen-bond donors (Lipinski definition) is 3. The van der Waals surface area contributed by atoms with Crippen molar-refractivity contribution in [1.29, 1.82) is 0 Å². The van der Waals surface area contributed by atoms with Crippen LogP contribution in [0.25, 0.3) is 0 Å². The predicted molar refractivity (Wildman–Crippen MR) is 72.2 cm³/mol. The Kier molecular flexibility index (Phi) is 4.16. The number of carbonyl (C=O) groups excluding carboxylic acids is 1. The molecule has 1 heterocycles. The van der Waals surface area contributed by atoms with E-state index < -0.39 is 10.8 Å². The molecular weight excluding hydrogens is 264 g/mol. The number of anilines is 1. The zero-order valence-electron chi connectivity index (χ0n) is 11.0. The highest BCUT2D eigenvalue weighted by Gasteiger charge is 2.28. The minimum Gasteiger partial charge on any atom is -0.376 e. The molecule has 0 bridgehead atoms. The largest absolute Gasteiger partial charge is 0.376 e. The number of benzene rings is 1. The molecule has 1 saturated heterocycles. The van der Waals surface area contributed by atoms with Crippen molar-refractivity contribution in [3.63, 3.8) is 0 Å². The van der Waals surface area contributed by atoms with Crippen molar-refractivity contribution in [2.45, 2.75) is 25.5 Å². The van der Waals surface area contributed by atoms with Gasteiger partial charge in [-0.2, -0.15) is 0 Å². The average Bonchev–Trinajstić information content (AvgIpc) is 2.83. The number of nitro benzene ring substituents is 1. The molecule has 2 rings (SSSR count). The highest BCUT2D eigenvalue weighted by atomic mass is 16.6. The van der Waals surface area contributed by atoms with E-state index in [0.717, 1.165) is 0 Å². The number of nitrogens with two attached hydrogens (primary N) is 1. The van der Waals surface area contributed by atoms with Gasteiger partial charge in [-0.05, 0) is 25.5 Å². The molecule has 8 nitrogen and oxygen atoms in total. The highest BCUT2D eigenvalue weighted by molar-refractivity contribution is 5.99. The van der Waals surface area contributed by atoms with E-state index in [-0.39, 0.29) is 23.4 Å². The van der Waals surface area contributed by atoms with Crippen molar-refractivity contribution in [3.8, 4) is 0 Å². The van der Waals surface area contributed by atoms with Gasteiger partial charge in [-0.3, -0.25) is 20.8 Å². The average molecular weight is 280 g/mol. The SMILES string of the molecule is CC1OCCC1NC(=O)c1cc(NN)ccc1[N+](=O)[O-]. The number of nitrogens with zero attached hydrogens (tertiary/aromatic N) is 1. The lowest BCUT2D eigenvalue weighted by Crippen LogP contribution is -2.39. The summed E-state index contributed by atoms with van der Waals surface area (Å²) in [6.07, 6.45) is 0.587. The number of nitro groups is 1. The predicted octanol–water partition coefficient (Wildman–Crippen LogP) is 0.788. The minimum atomic E-state index is -0.593. The maximum absolute atomic E-state index is 12.2. The molecule has 108 valence electrons. The summed E-state index contributed by atoms with van der Waals surface area (Å²) in [6, 6.07) is 3.90. The lowest BCUT2D eigenvalue weighted by molar-refractivity contribution is -0.385. The fourth-order valence-corrected chi connectivity index (χ4v) is 2.13. The first-order chi connectivity index (χ1) is 9.52. The van der Waals surface area contributed by atoms with Crippen LogP contribution in [0.15, 0.2) is 18.2 Å². The van der Waals surface area contributed by atoms with Crippen molar-refractivity contribution in [2.24, 2.45) is 5.84 Å². The second kappa shape index (κ2) is 5.85. The number of nitrogen functional groups attached to an aromatic ring is 1. The Morgan fingerprint density at radius 2 is 2.30 bits per heavy atom. The van der Waals surface area contributed by atoms with Gasteiger partial charge in [0.1, 0.15) is 5.56 Å².